The minimum Gasteiger partial charge on any atom is -0.495 e. The van der Waals surface area contributed by atoms with E-state index < -0.39 is 16.1 Å². The van der Waals surface area contributed by atoms with Crippen molar-refractivity contribution in [3.63, 3.8) is 0 Å². The first-order valence-corrected chi connectivity index (χ1v) is 12.1. The van der Waals surface area contributed by atoms with Crippen LogP contribution in [-0.4, -0.2) is 44.9 Å². The predicted octanol–water partition coefficient (Wildman–Crippen LogP) is 4.06. The van der Waals surface area contributed by atoms with E-state index in [-0.39, 0.29) is 10.8 Å². The molecular formula is C23H30N2O5S. The number of hydrogen-bond donors (Lipinski definition) is 1. The second-order valence-electron chi connectivity index (χ2n) is 7.50. The number of nitrogens with one attached hydrogen (secondary N) is 1. The Hall–Kier alpha value is -2.58. The van der Waals surface area contributed by atoms with Gasteiger partial charge in [0.05, 0.1) is 17.7 Å². The molecule has 1 heterocycles. The molecule has 1 atom stereocenters. The van der Waals surface area contributed by atoms with Gasteiger partial charge in [-0.1, -0.05) is 38.0 Å². The fourth-order valence-corrected chi connectivity index (χ4v) is 5.12. The van der Waals surface area contributed by atoms with Crippen LogP contribution in [0.5, 0.6) is 11.5 Å². The second kappa shape index (κ2) is 10.6. The highest BCUT2D eigenvalue weighted by Crippen LogP contribution is 2.30. The van der Waals surface area contributed by atoms with Gasteiger partial charge in [-0.3, -0.25) is 4.79 Å². The van der Waals surface area contributed by atoms with E-state index in [9.17, 15) is 13.2 Å². The zero-order valence-corrected chi connectivity index (χ0v) is 18.9. The third-order valence-electron chi connectivity index (χ3n) is 5.32. The quantitative estimate of drug-likeness (QED) is 0.661. The summed E-state index contributed by atoms with van der Waals surface area (Å²) in [6.07, 6.45) is 3.51. The van der Waals surface area contributed by atoms with Gasteiger partial charge in [0, 0.05) is 13.1 Å². The summed E-state index contributed by atoms with van der Waals surface area (Å²) >= 11 is 0. The van der Waals surface area contributed by atoms with Gasteiger partial charge in [0.2, 0.25) is 10.0 Å². The van der Waals surface area contributed by atoms with Gasteiger partial charge in [-0.05, 0) is 49.6 Å². The van der Waals surface area contributed by atoms with Crippen LogP contribution in [0.2, 0.25) is 0 Å². The number of rotatable bonds is 8. The lowest BCUT2D eigenvalue weighted by Gasteiger charge is -2.22. The van der Waals surface area contributed by atoms with Crippen molar-refractivity contribution in [3.05, 3.63) is 48.5 Å². The van der Waals surface area contributed by atoms with Crippen LogP contribution < -0.4 is 14.8 Å². The summed E-state index contributed by atoms with van der Waals surface area (Å²) in [7, 11) is -2.17. The Morgan fingerprint density at radius 3 is 2.35 bits per heavy atom. The Morgan fingerprint density at radius 2 is 1.74 bits per heavy atom. The van der Waals surface area contributed by atoms with E-state index in [4.69, 9.17) is 9.47 Å². The largest absolute Gasteiger partial charge is 0.495 e. The number of anilines is 1. The number of carbonyl (C=O) groups is 1. The van der Waals surface area contributed by atoms with Crippen LogP contribution in [0.1, 0.15) is 39.0 Å². The maximum absolute atomic E-state index is 13.2. The summed E-state index contributed by atoms with van der Waals surface area (Å²) < 4.78 is 39.0. The van der Waals surface area contributed by atoms with Crippen molar-refractivity contribution in [2.75, 3.05) is 25.5 Å². The van der Waals surface area contributed by atoms with Crippen molar-refractivity contribution >= 4 is 21.6 Å². The Kier molecular flexibility index (Phi) is 7.92. The number of sulfonamides is 1. The molecule has 1 aliphatic rings. The van der Waals surface area contributed by atoms with Crippen molar-refractivity contribution in [1.82, 2.24) is 4.31 Å². The molecule has 1 N–H and O–H groups in total. The van der Waals surface area contributed by atoms with Crippen LogP contribution in [0.15, 0.2) is 53.4 Å². The molecule has 31 heavy (non-hydrogen) atoms. The van der Waals surface area contributed by atoms with E-state index in [0.29, 0.717) is 36.7 Å². The fraction of sp³-hybridized carbons (Fsp3) is 0.435. The first-order valence-electron chi connectivity index (χ1n) is 10.7. The Bertz CT molecular complexity index is 971. The summed E-state index contributed by atoms with van der Waals surface area (Å²) in [4.78, 5) is 13.0. The molecule has 1 unspecified atom stereocenters. The van der Waals surface area contributed by atoms with Crippen LogP contribution in [0, 0.1) is 0 Å². The number of hydrogen-bond acceptors (Lipinski definition) is 5. The van der Waals surface area contributed by atoms with Crippen molar-refractivity contribution in [2.45, 2.75) is 50.0 Å². The van der Waals surface area contributed by atoms with Crippen LogP contribution in [-0.2, 0) is 14.8 Å². The molecule has 1 amide bonds. The minimum absolute atomic E-state index is 0.141. The molecule has 0 radical (unpaired) electrons. The van der Waals surface area contributed by atoms with Gasteiger partial charge in [0.15, 0.2) is 6.10 Å². The molecule has 2 aromatic carbocycles. The van der Waals surface area contributed by atoms with Gasteiger partial charge in [0.25, 0.3) is 5.91 Å². The lowest BCUT2D eigenvalue weighted by Crippen LogP contribution is -2.33. The molecule has 8 heteroatoms. The van der Waals surface area contributed by atoms with Crippen molar-refractivity contribution < 1.29 is 22.7 Å². The van der Waals surface area contributed by atoms with Crippen LogP contribution in [0.3, 0.4) is 0 Å². The third-order valence-corrected chi connectivity index (χ3v) is 7.21. The van der Waals surface area contributed by atoms with Crippen molar-refractivity contribution in [3.8, 4) is 11.5 Å². The molecule has 0 spiro atoms. The van der Waals surface area contributed by atoms with E-state index in [1.807, 2.05) is 25.1 Å². The maximum atomic E-state index is 13.2. The number of benzene rings is 2. The highest BCUT2D eigenvalue weighted by atomic mass is 32.2. The molecule has 7 nitrogen and oxygen atoms in total. The average Bonchev–Trinajstić information content (AvgIpc) is 3.08. The zero-order chi connectivity index (χ0) is 22.3. The molecule has 1 fully saturated rings. The third kappa shape index (κ3) is 5.77. The van der Waals surface area contributed by atoms with Crippen molar-refractivity contribution in [1.29, 1.82) is 0 Å². The van der Waals surface area contributed by atoms with Gasteiger partial charge in [-0.25, -0.2) is 8.42 Å². The highest BCUT2D eigenvalue weighted by molar-refractivity contribution is 7.89. The molecule has 1 aliphatic heterocycles. The standard InChI is InChI=1S/C23H30N2O5S/c1-3-21(30-18-11-7-6-8-12-18)23(26)24-20-17-19(13-14-22(20)29-2)31(27,28)25-15-9-4-5-10-16-25/h6-8,11-14,17,21H,3-5,9-10,15-16H2,1-2H3,(H,24,26). The summed E-state index contributed by atoms with van der Waals surface area (Å²) in [5.41, 5.74) is 0.304. The molecule has 0 aromatic heterocycles. The molecule has 2 aromatic rings. The average molecular weight is 447 g/mol. The van der Waals surface area contributed by atoms with E-state index in [1.54, 1.807) is 18.2 Å². The highest BCUT2D eigenvalue weighted by Gasteiger charge is 2.27. The lowest BCUT2D eigenvalue weighted by molar-refractivity contribution is -0.122. The molecular weight excluding hydrogens is 416 g/mol. The number of nitrogens with zero attached hydrogens (tertiary/aromatic N) is 1. The Morgan fingerprint density at radius 1 is 1.06 bits per heavy atom. The second-order valence-corrected chi connectivity index (χ2v) is 9.44. The van der Waals surface area contributed by atoms with E-state index >= 15 is 0 Å². The summed E-state index contributed by atoms with van der Waals surface area (Å²) in [6.45, 7) is 2.88. The lowest BCUT2D eigenvalue weighted by atomic mass is 10.2. The van der Waals surface area contributed by atoms with Crippen molar-refractivity contribution in [2.24, 2.45) is 0 Å². The SMILES string of the molecule is CCC(Oc1ccccc1)C(=O)Nc1cc(S(=O)(=O)N2CCCCCC2)ccc1OC. The summed E-state index contributed by atoms with van der Waals surface area (Å²) in [6, 6.07) is 13.7. The number of para-hydroxylation sites is 1. The fourth-order valence-electron chi connectivity index (χ4n) is 3.58. The number of methoxy groups -OCH3 is 1. The zero-order valence-electron chi connectivity index (χ0n) is 18.0. The number of amides is 1. The van der Waals surface area contributed by atoms with E-state index in [2.05, 4.69) is 5.32 Å². The van der Waals surface area contributed by atoms with Gasteiger partial charge < -0.3 is 14.8 Å². The molecule has 0 saturated carbocycles. The Balaban J connectivity index is 1.82. The smallest absolute Gasteiger partial charge is 0.265 e. The van der Waals surface area contributed by atoms with Gasteiger partial charge >= 0.3 is 0 Å². The summed E-state index contributed by atoms with van der Waals surface area (Å²) in [5, 5.41) is 2.79. The normalized spacial score (nSPS) is 16.2. The first kappa shape index (κ1) is 23.1. The van der Waals surface area contributed by atoms with Crippen LogP contribution in [0.25, 0.3) is 0 Å². The monoisotopic (exact) mass is 446 g/mol. The first-order chi connectivity index (χ1) is 15.0. The molecule has 168 valence electrons. The van der Waals surface area contributed by atoms with E-state index in [0.717, 1.165) is 25.7 Å². The number of carbonyl (C=O) groups excluding carboxylic acids is 1. The Labute approximate surface area is 184 Å². The number of ether oxygens (including phenoxy) is 2. The summed E-state index contributed by atoms with van der Waals surface area (Å²) in [5.74, 6) is 0.612. The van der Waals surface area contributed by atoms with E-state index in [1.165, 1.54) is 23.5 Å². The topological polar surface area (TPSA) is 84.9 Å². The molecule has 0 aliphatic carbocycles. The maximum Gasteiger partial charge on any atom is 0.265 e. The van der Waals surface area contributed by atoms with Crippen LogP contribution >= 0.6 is 0 Å². The van der Waals surface area contributed by atoms with Gasteiger partial charge in [0.1, 0.15) is 11.5 Å². The molecule has 3 rings (SSSR count). The van der Waals surface area contributed by atoms with Gasteiger partial charge in [-0.15, -0.1) is 0 Å². The van der Waals surface area contributed by atoms with Crippen LogP contribution in [0.4, 0.5) is 5.69 Å². The molecule has 1 saturated heterocycles. The predicted molar refractivity (Wildman–Crippen MR) is 120 cm³/mol. The van der Waals surface area contributed by atoms with Gasteiger partial charge in [-0.2, -0.15) is 4.31 Å². The minimum atomic E-state index is -3.65. The molecule has 0 bridgehead atoms.